The van der Waals surface area contributed by atoms with E-state index in [4.69, 9.17) is 51.6 Å². The first-order chi connectivity index (χ1) is 54.1. The van der Waals surface area contributed by atoms with E-state index in [0.29, 0.717) is 74.2 Å². The zero-order chi connectivity index (χ0) is 85.1. The number of fused-ring (bicyclic) bond motifs is 1. The number of carbonyl (C=O) groups excluding carboxylic acids is 11. The van der Waals surface area contributed by atoms with E-state index in [-0.39, 0.29) is 202 Å². The monoisotopic (exact) mass is 1630 g/mol. The van der Waals surface area contributed by atoms with Crippen molar-refractivity contribution in [2.45, 2.75) is 275 Å². The molecule has 2 rings (SSSR count). The maximum atomic E-state index is 14.8. The second-order valence-electron chi connectivity index (χ2n) is 28.7. The van der Waals surface area contributed by atoms with Crippen LogP contribution in [0.3, 0.4) is 0 Å². The van der Waals surface area contributed by atoms with Crippen LogP contribution in [-0.4, -0.2) is 255 Å². The maximum Gasteiger partial charge on any atom is 0.315 e. The number of likely N-dealkylation sites (N-methyl/N-ethyl adjacent to an activating group) is 1. The first-order valence-electron chi connectivity index (χ1n) is 39.6. The van der Waals surface area contributed by atoms with E-state index in [1.807, 2.05) is 0 Å². The average Bonchev–Trinajstić information content (AvgIpc) is 1.63. The number of rotatable bonds is 59. The molecule has 0 aromatic rings. The third-order valence-electron chi connectivity index (χ3n) is 18.1. The fraction of sp³-hybridized carbons (Fsp3) is 0.740. The number of unbranched alkanes of at least 4 members (excludes halogenated alkanes) is 2. The lowest BCUT2D eigenvalue weighted by Crippen LogP contribution is -2.59. The molecule has 0 bridgehead atoms. The van der Waals surface area contributed by atoms with Gasteiger partial charge in [0.15, 0.2) is 0 Å². The number of nitrogens with zero attached hydrogens (tertiary/aromatic N) is 8. The molecule has 41 heteroatoms. The van der Waals surface area contributed by atoms with Crippen LogP contribution >= 0.6 is 11.8 Å². The second kappa shape index (κ2) is 57.1. The van der Waals surface area contributed by atoms with E-state index in [2.05, 4.69) is 104 Å². The fourth-order valence-electron chi connectivity index (χ4n) is 12.1. The first kappa shape index (κ1) is 100. The van der Waals surface area contributed by atoms with Crippen LogP contribution in [-0.2, 0) is 47.9 Å². The molecule has 2 aliphatic rings. The lowest BCUT2D eigenvalue weighted by Gasteiger charge is -2.27. The topological polar surface area (TPSA) is 665 Å². The van der Waals surface area contributed by atoms with Gasteiger partial charge in [-0.2, -0.15) is 11.8 Å². The lowest BCUT2D eigenvalue weighted by molar-refractivity contribution is -0.135. The van der Waals surface area contributed by atoms with Crippen LogP contribution in [0.1, 0.15) is 203 Å². The highest BCUT2D eigenvalue weighted by Crippen LogP contribution is 2.33. The number of aliphatic imine (C=N–C) groups is 8. The van der Waals surface area contributed by atoms with E-state index >= 15 is 0 Å². The zero-order valence-corrected chi connectivity index (χ0v) is 69.3. The minimum Gasteiger partial charge on any atom is -0.388 e. The average molecular weight is 1630 g/mol. The molecule has 30 N–H and O–H groups in total. The first-order valence-corrected chi connectivity index (χ1v) is 40.6. The number of carbonyl (C=O) groups is 11. The van der Waals surface area contributed by atoms with E-state index in [1.165, 1.54) is 7.05 Å². The van der Waals surface area contributed by atoms with Gasteiger partial charge in [-0.1, -0.05) is 6.42 Å². The summed E-state index contributed by atoms with van der Waals surface area (Å²) >= 11 is 1.78. The Morgan fingerprint density at radius 1 is 0.360 bits per heavy atom. The van der Waals surface area contributed by atoms with E-state index in [1.54, 1.807) is 67.2 Å². The highest BCUT2D eigenvalue weighted by molar-refractivity contribution is 8.00. The third-order valence-corrected chi connectivity index (χ3v) is 19.6. The van der Waals surface area contributed by atoms with Crippen molar-refractivity contribution in [1.82, 2.24) is 63.8 Å². The van der Waals surface area contributed by atoms with Gasteiger partial charge in [0, 0.05) is 83.4 Å². The predicted octanol–water partition coefficient (Wildman–Crippen LogP) is -2.79. The molecule has 40 nitrogen and oxygen atoms in total. The molecule has 0 saturated carbocycles. The van der Waals surface area contributed by atoms with E-state index in [0.717, 1.165) is 12.2 Å². The molecule has 0 aromatic carbocycles. The highest BCUT2D eigenvalue weighted by atomic mass is 32.2. The summed E-state index contributed by atoms with van der Waals surface area (Å²) in [5.41, 5.74) is 52.8. The molecule has 1 unspecified atom stereocenters. The van der Waals surface area contributed by atoms with Crippen molar-refractivity contribution in [3.8, 4) is 0 Å². The summed E-state index contributed by atoms with van der Waals surface area (Å²) in [5.74, 6) is -3.28. The molecule has 0 aliphatic carbocycles. The Morgan fingerprint density at radius 3 is 0.956 bits per heavy atom. The number of hydrogen-bond acceptors (Lipinski definition) is 21. The largest absolute Gasteiger partial charge is 0.388 e. The zero-order valence-electron chi connectivity index (χ0n) is 68.4. The van der Waals surface area contributed by atoms with Gasteiger partial charge in [-0.3, -0.25) is 87.9 Å². The smallest absolute Gasteiger partial charge is 0.315 e. The molecule has 2 aliphatic heterocycles. The van der Waals surface area contributed by atoms with Crippen molar-refractivity contribution in [2.75, 3.05) is 71.7 Å². The Labute approximate surface area is 675 Å². The number of nitrogens with one attached hydrogen (secondary N) is 12. The number of nitrogens with two attached hydrogens (primary N) is 9. The van der Waals surface area contributed by atoms with Gasteiger partial charge >= 0.3 is 6.03 Å². The molecule has 12 atom stereocenters. The molecule has 0 spiro atoms. The summed E-state index contributed by atoms with van der Waals surface area (Å²) in [5, 5.41) is 34.0. The summed E-state index contributed by atoms with van der Waals surface area (Å²) in [7, 11) is 1.41. The number of thioether (sulfide) groups is 1. The maximum absolute atomic E-state index is 14.8. The van der Waals surface area contributed by atoms with E-state index in [9.17, 15) is 52.7 Å². The van der Waals surface area contributed by atoms with Gasteiger partial charge in [-0.15, -0.1) is 0 Å². The molecule has 2 fully saturated rings. The van der Waals surface area contributed by atoms with Crippen LogP contribution in [0.25, 0.3) is 0 Å². The Bertz CT molecular complexity index is 3300. The SMILES string of the molecule is CNC(=O)C(CCCCNC(=O)[C@H](CCCN=C(C)N)NC(=O)[C@H](CCCN=C(C)N)NC(=O)[C@H](CCCN=C(C)N)NC(=O)[C@H](CCCN=C(C)N)NC(=O)[C@H](CCCN=C(C)N)NC(=O)[C@@H](N)CCCN=C(C)N)NC(=O)[C@H](CCCN=C(C)N)NC(=O)[C@H](CCCN=C(C)N)NC(=O)CCCC[C@@H]1SC[C@@H]2NC(=O)N[C@@H]21. The lowest BCUT2D eigenvalue weighted by atomic mass is 10.0. The van der Waals surface area contributed by atoms with Crippen LogP contribution in [0.2, 0.25) is 0 Å². The molecule has 2 saturated heterocycles. The Kier molecular flexibility index (Phi) is 50.2. The van der Waals surface area contributed by atoms with Gasteiger partial charge in [0.2, 0.25) is 59.1 Å². The minimum atomic E-state index is -1.37. The van der Waals surface area contributed by atoms with Crippen molar-refractivity contribution < 1.29 is 52.7 Å². The second-order valence-corrected chi connectivity index (χ2v) is 30.0. The Hall–Kier alpha value is -9.96. The fourth-order valence-corrected chi connectivity index (χ4v) is 13.7. The molecule has 644 valence electrons. The number of amides is 12. The van der Waals surface area contributed by atoms with Gasteiger partial charge in [-0.05, 0) is 190 Å². The van der Waals surface area contributed by atoms with Crippen LogP contribution in [0, 0.1) is 0 Å². The van der Waals surface area contributed by atoms with Crippen molar-refractivity contribution in [3.05, 3.63) is 0 Å². The molecule has 2 heterocycles. The minimum absolute atomic E-state index is 0.0136. The van der Waals surface area contributed by atoms with Crippen molar-refractivity contribution in [1.29, 1.82) is 0 Å². The molecule has 114 heavy (non-hydrogen) atoms. The molecular weight excluding hydrogens is 1490 g/mol. The molecule has 0 aromatic heterocycles. The molecule has 0 radical (unpaired) electrons. The van der Waals surface area contributed by atoms with Crippen LogP contribution < -0.4 is 115 Å². The number of hydrogen-bond donors (Lipinski definition) is 21. The summed E-state index contributed by atoms with van der Waals surface area (Å²) in [6.45, 7) is 14.6. The van der Waals surface area contributed by atoms with Crippen LogP contribution in [0.5, 0.6) is 0 Å². The van der Waals surface area contributed by atoms with Gasteiger partial charge < -0.3 is 115 Å². The molecule has 12 amide bonds. The summed E-state index contributed by atoms with van der Waals surface area (Å²) in [6.07, 6.45) is 5.59. The van der Waals surface area contributed by atoms with Crippen LogP contribution in [0.15, 0.2) is 39.9 Å². The van der Waals surface area contributed by atoms with Crippen molar-refractivity contribution >= 4 is 124 Å². The Morgan fingerprint density at radius 2 is 0.640 bits per heavy atom. The van der Waals surface area contributed by atoms with Crippen molar-refractivity contribution in [3.63, 3.8) is 0 Å². The highest BCUT2D eigenvalue weighted by Gasteiger charge is 2.43. The third kappa shape index (κ3) is 45.1. The standard InChI is InChI=1S/C73H135N29O11S/c1-43(74)84-34-14-22-51(82)64(104)94-55(26-17-37-87-46(4)77)68(108)98-58(29-20-40-90-49(7)80)71(111)100-59(30-21-41-91-50(8)81)72(112)99-57(28-19-39-89-48(6)79)70(110)96-53(24-15-35-85-44(2)75)66(106)92-33-13-12-23-52(65(105)83-9)95-69(109)56(27-18-38-88-47(5)78)97-67(107)54(25-16-36-86-45(3)76)93-62(103)32-11-10-31-61-63-60(42-114-61)101-73(113)102-63/h51-61,63H,10-42,82H2,1-9H3,(H2,74,84)(H2,75,85)(H2,76,86)(H2,77,87)(H2,78,88)(H2,79,89)(H2,80,90)(H2,81,91)(H,83,105)(H,92,106)(H,93,103)(H,94,104)(H,95,109)(H,96,110)(H,97,107)(H,98,108)(H,99,112)(H,100,111)(H2,101,102,113)/t51-,52?,53-,54-,55-,56-,57-,58-,59-,60-,61-,63-/m0/s1. The van der Waals surface area contributed by atoms with Crippen molar-refractivity contribution in [2.24, 2.45) is 91.5 Å². The number of amidine groups is 8. The van der Waals surface area contributed by atoms with Gasteiger partial charge in [-0.25, -0.2) is 4.79 Å². The van der Waals surface area contributed by atoms with Gasteiger partial charge in [0.1, 0.15) is 48.3 Å². The predicted molar refractivity (Wildman–Crippen MR) is 449 cm³/mol. The molecular formula is C73H135N29O11S. The quantitative estimate of drug-likeness (QED) is 0.0127. The summed E-state index contributed by atoms with van der Waals surface area (Å²) in [6, 6.07) is -10.9. The Balaban J connectivity index is 2.46. The van der Waals surface area contributed by atoms with Gasteiger partial charge in [0.05, 0.1) is 64.8 Å². The van der Waals surface area contributed by atoms with Gasteiger partial charge in [0.25, 0.3) is 0 Å². The number of urea groups is 1. The summed E-state index contributed by atoms with van der Waals surface area (Å²) < 4.78 is 0. The van der Waals surface area contributed by atoms with E-state index < -0.39 is 108 Å². The van der Waals surface area contributed by atoms with Crippen LogP contribution in [0.4, 0.5) is 4.79 Å². The summed E-state index contributed by atoms with van der Waals surface area (Å²) in [4.78, 5) is 188. The normalized spacial score (nSPS) is 18.0.